The van der Waals surface area contributed by atoms with Gasteiger partial charge >= 0.3 is 0 Å². The molecule has 2 aromatic carbocycles. The molecule has 0 unspecified atom stereocenters. The molecule has 0 radical (unpaired) electrons. The molecule has 0 saturated carbocycles. The Morgan fingerprint density at radius 3 is 2.16 bits per heavy atom. The van der Waals surface area contributed by atoms with E-state index in [9.17, 15) is 9.59 Å². The topological polar surface area (TPSA) is 55.4 Å². The Kier molecular flexibility index (Phi) is 6.34. The monoisotopic (exact) mass is 339 g/mol. The number of ketones is 1. The van der Waals surface area contributed by atoms with Crippen molar-refractivity contribution in [3.05, 3.63) is 58.7 Å². The van der Waals surface area contributed by atoms with Crippen LogP contribution in [0.3, 0.4) is 0 Å². The van der Waals surface area contributed by atoms with Gasteiger partial charge in [-0.15, -0.1) is 0 Å². The first kappa shape index (κ1) is 18.7. The minimum Gasteiger partial charge on any atom is -0.496 e. The number of benzene rings is 2. The predicted octanol–water partition coefficient (Wildman–Crippen LogP) is 4.20. The van der Waals surface area contributed by atoms with E-state index in [0.717, 1.165) is 29.7 Å². The molecule has 0 spiro atoms. The lowest BCUT2D eigenvalue weighted by Gasteiger charge is -2.15. The summed E-state index contributed by atoms with van der Waals surface area (Å²) < 4.78 is 5.33. The minimum atomic E-state index is -0.116. The lowest BCUT2D eigenvalue weighted by Crippen LogP contribution is -2.17. The summed E-state index contributed by atoms with van der Waals surface area (Å²) in [5.41, 5.74) is 4.43. The summed E-state index contributed by atoms with van der Waals surface area (Å²) in [6, 6.07) is 11.3. The van der Waals surface area contributed by atoms with Gasteiger partial charge in [0.1, 0.15) is 5.75 Å². The summed E-state index contributed by atoms with van der Waals surface area (Å²) in [5, 5.41) is 3.05. The van der Waals surface area contributed by atoms with E-state index in [4.69, 9.17) is 4.74 Å². The molecule has 2 aromatic rings. The first-order valence-electron chi connectivity index (χ1n) is 8.58. The van der Waals surface area contributed by atoms with Crippen LogP contribution in [-0.4, -0.2) is 18.8 Å². The van der Waals surface area contributed by atoms with E-state index in [0.29, 0.717) is 16.9 Å². The molecule has 0 fully saturated rings. The summed E-state index contributed by atoms with van der Waals surface area (Å²) in [4.78, 5) is 24.2. The van der Waals surface area contributed by atoms with Crippen LogP contribution in [0.25, 0.3) is 0 Å². The van der Waals surface area contributed by atoms with Crippen molar-refractivity contribution in [1.82, 2.24) is 0 Å². The third-order valence-electron chi connectivity index (χ3n) is 4.30. The largest absolute Gasteiger partial charge is 0.496 e. The smallest absolute Gasteiger partial charge is 0.228 e. The van der Waals surface area contributed by atoms with Gasteiger partial charge < -0.3 is 10.1 Å². The number of para-hydroxylation sites is 1. The minimum absolute atomic E-state index is 0.0334. The molecule has 25 heavy (non-hydrogen) atoms. The summed E-state index contributed by atoms with van der Waals surface area (Å²) in [6.07, 6.45) is 1.87. The molecule has 0 aliphatic heterocycles. The Balaban J connectivity index is 2.27. The number of amides is 1. The van der Waals surface area contributed by atoms with Crippen molar-refractivity contribution >= 4 is 17.4 Å². The maximum atomic E-state index is 12.6. The highest BCUT2D eigenvalue weighted by molar-refractivity contribution is 5.96. The molecule has 0 bridgehead atoms. The van der Waals surface area contributed by atoms with Crippen LogP contribution < -0.4 is 10.1 Å². The molecule has 4 heteroatoms. The second-order valence-corrected chi connectivity index (χ2v) is 5.97. The van der Waals surface area contributed by atoms with Crippen molar-refractivity contribution in [2.75, 3.05) is 12.4 Å². The Hall–Kier alpha value is -2.62. The second-order valence-electron chi connectivity index (χ2n) is 5.97. The van der Waals surface area contributed by atoms with Crippen LogP contribution in [-0.2, 0) is 24.1 Å². The number of methoxy groups -OCH3 is 1. The Labute approximate surface area is 149 Å². The van der Waals surface area contributed by atoms with Crippen LogP contribution in [0.1, 0.15) is 47.8 Å². The highest BCUT2D eigenvalue weighted by Gasteiger charge is 2.14. The zero-order valence-corrected chi connectivity index (χ0v) is 15.3. The third-order valence-corrected chi connectivity index (χ3v) is 4.30. The van der Waals surface area contributed by atoms with E-state index < -0.39 is 0 Å². The molecule has 4 nitrogen and oxygen atoms in total. The van der Waals surface area contributed by atoms with E-state index in [1.807, 2.05) is 18.2 Å². The van der Waals surface area contributed by atoms with Gasteiger partial charge in [-0.2, -0.15) is 0 Å². The number of nitrogens with one attached hydrogen (secondary N) is 1. The van der Waals surface area contributed by atoms with Crippen molar-refractivity contribution in [2.24, 2.45) is 0 Å². The molecule has 0 aliphatic rings. The van der Waals surface area contributed by atoms with Crippen LogP contribution >= 0.6 is 0 Å². The van der Waals surface area contributed by atoms with E-state index >= 15 is 0 Å². The molecule has 0 aliphatic carbocycles. The fourth-order valence-corrected chi connectivity index (χ4v) is 2.90. The van der Waals surface area contributed by atoms with Crippen molar-refractivity contribution < 1.29 is 14.3 Å². The number of ether oxygens (including phenoxy) is 1. The highest BCUT2D eigenvalue weighted by atomic mass is 16.5. The molecule has 0 saturated heterocycles. The fraction of sp³-hybridized carbons (Fsp3) is 0.333. The first-order chi connectivity index (χ1) is 12.0. The van der Waals surface area contributed by atoms with Crippen LogP contribution in [0, 0.1) is 0 Å². The highest BCUT2D eigenvalue weighted by Crippen LogP contribution is 2.25. The van der Waals surface area contributed by atoms with Gasteiger partial charge in [0.05, 0.1) is 13.5 Å². The molecule has 1 N–H and O–H groups in total. The standard InChI is InChI=1S/C21H25NO3/c1-5-15-8-7-9-16(6-2)21(15)22-20(24)13-18-12-17(14(3)23)10-11-19(18)25-4/h7-12H,5-6,13H2,1-4H3,(H,22,24). The summed E-state index contributed by atoms with van der Waals surface area (Å²) in [7, 11) is 1.56. The zero-order valence-electron chi connectivity index (χ0n) is 15.3. The number of anilines is 1. The summed E-state index contributed by atoms with van der Waals surface area (Å²) in [5.74, 6) is 0.461. The molecule has 0 heterocycles. The molecule has 2 rings (SSSR count). The SMILES string of the molecule is CCc1cccc(CC)c1NC(=O)Cc1cc(C(C)=O)ccc1OC. The van der Waals surface area contributed by atoms with E-state index in [1.54, 1.807) is 25.3 Å². The van der Waals surface area contributed by atoms with Gasteiger partial charge in [-0.1, -0.05) is 32.0 Å². The molecule has 0 atom stereocenters. The second kappa shape index (κ2) is 8.47. The molecule has 1 amide bonds. The summed E-state index contributed by atoms with van der Waals surface area (Å²) >= 11 is 0. The Morgan fingerprint density at radius 2 is 1.64 bits per heavy atom. The maximum Gasteiger partial charge on any atom is 0.228 e. The van der Waals surface area contributed by atoms with Crippen molar-refractivity contribution in [3.63, 3.8) is 0 Å². The van der Waals surface area contributed by atoms with E-state index in [2.05, 4.69) is 19.2 Å². The number of carbonyl (C=O) groups is 2. The first-order valence-corrected chi connectivity index (χ1v) is 8.58. The summed E-state index contributed by atoms with van der Waals surface area (Å²) in [6.45, 7) is 5.66. The number of rotatable bonds is 7. The molecular weight excluding hydrogens is 314 g/mol. The lowest BCUT2D eigenvalue weighted by atomic mass is 10.0. The van der Waals surface area contributed by atoms with Gasteiger partial charge in [-0.3, -0.25) is 9.59 Å². The number of hydrogen-bond donors (Lipinski definition) is 1. The van der Waals surface area contributed by atoms with Gasteiger partial charge in [0.25, 0.3) is 0 Å². The Morgan fingerprint density at radius 1 is 1.00 bits per heavy atom. The average Bonchev–Trinajstić information content (AvgIpc) is 2.61. The van der Waals surface area contributed by atoms with Gasteiger partial charge in [-0.05, 0) is 49.1 Å². The van der Waals surface area contributed by atoms with Gasteiger partial charge in [-0.25, -0.2) is 0 Å². The van der Waals surface area contributed by atoms with Crippen LogP contribution in [0.4, 0.5) is 5.69 Å². The fourth-order valence-electron chi connectivity index (χ4n) is 2.90. The zero-order chi connectivity index (χ0) is 18.4. The lowest BCUT2D eigenvalue weighted by molar-refractivity contribution is -0.115. The molecule has 0 aromatic heterocycles. The third kappa shape index (κ3) is 4.47. The van der Waals surface area contributed by atoms with Crippen LogP contribution in [0.15, 0.2) is 36.4 Å². The normalized spacial score (nSPS) is 10.4. The molecular formula is C21H25NO3. The maximum absolute atomic E-state index is 12.6. The number of aryl methyl sites for hydroxylation is 2. The number of carbonyl (C=O) groups excluding carboxylic acids is 2. The van der Waals surface area contributed by atoms with Gasteiger partial charge in [0.15, 0.2) is 5.78 Å². The van der Waals surface area contributed by atoms with E-state index in [1.165, 1.54) is 6.92 Å². The number of Topliss-reactive ketones (excluding diaryl/α,β-unsaturated/α-hetero) is 1. The van der Waals surface area contributed by atoms with E-state index in [-0.39, 0.29) is 18.1 Å². The average molecular weight is 339 g/mol. The van der Waals surface area contributed by atoms with Crippen LogP contribution in [0.2, 0.25) is 0 Å². The van der Waals surface area contributed by atoms with Crippen molar-refractivity contribution in [3.8, 4) is 5.75 Å². The number of hydrogen-bond acceptors (Lipinski definition) is 3. The van der Waals surface area contributed by atoms with Gasteiger partial charge in [0.2, 0.25) is 5.91 Å². The van der Waals surface area contributed by atoms with Crippen LogP contribution in [0.5, 0.6) is 5.75 Å². The van der Waals surface area contributed by atoms with Crippen molar-refractivity contribution in [2.45, 2.75) is 40.0 Å². The van der Waals surface area contributed by atoms with Gasteiger partial charge in [0, 0.05) is 16.8 Å². The Bertz CT molecular complexity index is 758. The molecule has 132 valence electrons. The van der Waals surface area contributed by atoms with Crippen molar-refractivity contribution in [1.29, 1.82) is 0 Å². The predicted molar refractivity (Wildman–Crippen MR) is 101 cm³/mol. The quantitative estimate of drug-likeness (QED) is 0.769.